The van der Waals surface area contributed by atoms with Gasteiger partial charge in [-0.25, -0.2) is 0 Å². The fourth-order valence-corrected chi connectivity index (χ4v) is 4.73. The molecule has 1 aliphatic heterocycles. The number of H-pyrrole nitrogens is 1. The number of hydrogen-bond donors (Lipinski definition) is 3. The molecule has 1 unspecified atom stereocenters. The maximum absolute atomic E-state index is 13.2. The van der Waals surface area contributed by atoms with Gasteiger partial charge in [0.15, 0.2) is 5.82 Å². The Hall–Kier alpha value is -4.48. The fourth-order valence-electron chi connectivity index (χ4n) is 4.73. The van der Waals surface area contributed by atoms with Gasteiger partial charge in [0, 0.05) is 43.3 Å². The van der Waals surface area contributed by atoms with Gasteiger partial charge in [-0.15, -0.1) is 0 Å². The molecule has 3 aromatic carbocycles. The first-order valence-corrected chi connectivity index (χ1v) is 12.8. The second-order valence-electron chi connectivity index (χ2n) is 9.49. The van der Waals surface area contributed by atoms with Crippen molar-refractivity contribution < 1.29 is 19.6 Å². The van der Waals surface area contributed by atoms with E-state index in [0.29, 0.717) is 40.1 Å². The van der Waals surface area contributed by atoms with Gasteiger partial charge in [0.05, 0.1) is 17.0 Å². The molecule has 5 rings (SSSR count). The zero-order chi connectivity index (χ0) is 27.5. The molecule has 11 heteroatoms. The van der Waals surface area contributed by atoms with Crippen LogP contribution < -0.4 is 15.0 Å². The lowest BCUT2D eigenvalue weighted by Crippen LogP contribution is -2.44. The summed E-state index contributed by atoms with van der Waals surface area (Å²) in [6.07, 6.45) is -0.934. The Kier molecular flexibility index (Phi) is 7.44. The summed E-state index contributed by atoms with van der Waals surface area (Å²) in [7, 11) is 2.04. The minimum atomic E-state index is -0.934. The van der Waals surface area contributed by atoms with E-state index in [2.05, 4.69) is 25.3 Å². The molecule has 1 amide bonds. The minimum Gasteiger partial charge on any atom is -0.494 e. The van der Waals surface area contributed by atoms with Gasteiger partial charge in [0.25, 0.3) is 11.6 Å². The zero-order valence-corrected chi connectivity index (χ0v) is 21.8. The number of aromatic amines is 1. The number of anilines is 2. The number of hydrogen-bond acceptors (Lipinski definition) is 8. The van der Waals surface area contributed by atoms with E-state index in [1.54, 1.807) is 36.4 Å². The standard InChI is InChI=1S/C28H30N6O5/c1-3-39-21-6-4-5-18(15-21)26(35)19-7-10-24-23(16-19)27(31-30-24)29-28(36)22-9-8-20(17-25(22)34(37)38)33-13-11-32(2)12-14-33/h4-10,15-17,26,35H,3,11-14H2,1-2H3,(H2,29,30,31,36). The summed E-state index contributed by atoms with van der Waals surface area (Å²) in [6.45, 7) is 5.63. The number of aliphatic hydroxyl groups is 1. The first-order chi connectivity index (χ1) is 18.8. The van der Waals surface area contributed by atoms with Crippen molar-refractivity contribution in [2.24, 2.45) is 0 Å². The van der Waals surface area contributed by atoms with Crippen LogP contribution in [0.1, 0.15) is 34.5 Å². The van der Waals surface area contributed by atoms with Crippen LogP contribution in [0, 0.1) is 10.1 Å². The number of carbonyl (C=O) groups is 1. The highest BCUT2D eigenvalue weighted by molar-refractivity contribution is 6.10. The van der Waals surface area contributed by atoms with E-state index in [1.807, 2.05) is 26.1 Å². The number of amides is 1. The Bertz CT molecular complexity index is 1510. The maximum atomic E-state index is 13.2. The predicted molar refractivity (Wildman–Crippen MR) is 149 cm³/mol. The van der Waals surface area contributed by atoms with E-state index in [0.717, 1.165) is 26.2 Å². The van der Waals surface area contributed by atoms with Crippen LogP contribution in [-0.2, 0) is 0 Å². The summed E-state index contributed by atoms with van der Waals surface area (Å²) in [5.74, 6) is 0.228. The van der Waals surface area contributed by atoms with E-state index in [1.165, 1.54) is 12.1 Å². The van der Waals surface area contributed by atoms with Gasteiger partial charge in [0.1, 0.15) is 17.4 Å². The topological polar surface area (TPSA) is 137 Å². The number of benzene rings is 3. The average Bonchev–Trinajstić information content (AvgIpc) is 3.34. The molecular formula is C28H30N6O5. The summed E-state index contributed by atoms with van der Waals surface area (Å²) in [5, 5.41) is 33.2. The normalized spacial score (nSPS) is 14.8. The van der Waals surface area contributed by atoms with Gasteiger partial charge >= 0.3 is 0 Å². The van der Waals surface area contributed by atoms with Gasteiger partial charge in [-0.05, 0) is 61.5 Å². The Morgan fingerprint density at radius 3 is 2.64 bits per heavy atom. The molecule has 0 radical (unpaired) electrons. The van der Waals surface area contributed by atoms with Crippen LogP contribution in [0.15, 0.2) is 60.7 Å². The number of piperazine rings is 1. The highest BCUT2D eigenvalue weighted by Crippen LogP contribution is 2.31. The van der Waals surface area contributed by atoms with Gasteiger partial charge in [-0.1, -0.05) is 18.2 Å². The third kappa shape index (κ3) is 5.54. The molecule has 3 N–H and O–H groups in total. The van der Waals surface area contributed by atoms with Crippen LogP contribution in [0.3, 0.4) is 0 Å². The van der Waals surface area contributed by atoms with Crippen molar-refractivity contribution in [2.45, 2.75) is 13.0 Å². The average molecular weight is 531 g/mol. The number of aliphatic hydroxyl groups excluding tert-OH is 1. The second-order valence-corrected chi connectivity index (χ2v) is 9.49. The highest BCUT2D eigenvalue weighted by atomic mass is 16.6. The van der Waals surface area contributed by atoms with E-state index in [4.69, 9.17) is 4.74 Å². The van der Waals surface area contributed by atoms with Crippen molar-refractivity contribution in [2.75, 3.05) is 50.1 Å². The van der Waals surface area contributed by atoms with E-state index in [9.17, 15) is 20.0 Å². The molecule has 1 aromatic heterocycles. The molecule has 2 heterocycles. The first kappa shape index (κ1) is 26.1. The molecule has 4 aromatic rings. The molecule has 0 bridgehead atoms. The van der Waals surface area contributed by atoms with E-state index in [-0.39, 0.29) is 17.1 Å². The maximum Gasteiger partial charge on any atom is 0.284 e. The lowest BCUT2D eigenvalue weighted by molar-refractivity contribution is -0.385. The van der Waals surface area contributed by atoms with Crippen molar-refractivity contribution in [3.63, 3.8) is 0 Å². The van der Waals surface area contributed by atoms with E-state index < -0.39 is 16.9 Å². The molecule has 1 saturated heterocycles. The highest BCUT2D eigenvalue weighted by Gasteiger charge is 2.25. The van der Waals surface area contributed by atoms with E-state index >= 15 is 0 Å². The molecule has 39 heavy (non-hydrogen) atoms. The van der Waals surface area contributed by atoms with Gasteiger partial charge < -0.3 is 25.0 Å². The minimum absolute atomic E-state index is 0.0574. The molecule has 0 aliphatic carbocycles. The van der Waals surface area contributed by atoms with Gasteiger partial charge in [-0.2, -0.15) is 5.10 Å². The SMILES string of the molecule is CCOc1cccc(C(O)c2ccc3[nH]nc(NC(=O)c4ccc(N5CCN(C)CC5)cc4[N+](=O)[O-])c3c2)c1. The lowest BCUT2D eigenvalue weighted by Gasteiger charge is -2.34. The molecule has 0 spiro atoms. The van der Waals surface area contributed by atoms with Crippen LogP contribution in [0.25, 0.3) is 10.9 Å². The largest absolute Gasteiger partial charge is 0.494 e. The number of nitro benzene ring substituents is 1. The molecule has 1 atom stereocenters. The molecular weight excluding hydrogens is 500 g/mol. The fraction of sp³-hybridized carbons (Fsp3) is 0.286. The number of ether oxygens (including phenoxy) is 1. The lowest BCUT2D eigenvalue weighted by atomic mass is 10.00. The third-order valence-electron chi connectivity index (χ3n) is 6.91. The Balaban J connectivity index is 1.40. The van der Waals surface area contributed by atoms with Crippen molar-refractivity contribution in [3.05, 3.63) is 87.5 Å². The van der Waals surface area contributed by atoms with Crippen LogP contribution >= 0.6 is 0 Å². The Morgan fingerprint density at radius 1 is 1.13 bits per heavy atom. The van der Waals surface area contributed by atoms with Gasteiger partial charge in [-0.3, -0.25) is 20.0 Å². The Labute approximate surface area is 225 Å². The number of carbonyl (C=O) groups excluding carboxylic acids is 1. The van der Waals surface area contributed by atoms with Crippen LogP contribution in [0.2, 0.25) is 0 Å². The van der Waals surface area contributed by atoms with Crippen molar-refractivity contribution in [3.8, 4) is 5.75 Å². The number of rotatable bonds is 8. The van der Waals surface area contributed by atoms with Crippen LogP contribution in [0.4, 0.5) is 17.2 Å². The number of likely N-dealkylation sites (N-methyl/N-ethyl adjacent to an activating group) is 1. The molecule has 1 fully saturated rings. The number of nitrogens with zero attached hydrogens (tertiary/aromatic N) is 4. The smallest absolute Gasteiger partial charge is 0.284 e. The quantitative estimate of drug-likeness (QED) is 0.230. The summed E-state index contributed by atoms with van der Waals surface area (Å²) in [6, 6.07) is 17.2. The Morgan fingerprint density at radius 2 is 1.90 bits per heavy atom. The molecule has 1 aliphatic rings. The zero-order valence-electron chi connectivity index (χ0n) is 21.8. The summed E-state index contributed by atoms with van der Waals surface area (Å²) in [5.41, 5.74) is 2.28. The van der Waals surface area contributed by atoms with Crippen LogP contribution in [-0.4, -0.2) is 70.9 Å². The summed E-state index contributed by atoms with van der Waals surface area (Å²) >= 11 is 0. The number of nitro groups is 1. The number of aromatic nitrogens is 2. The first-order valence-electron chi connectivity index (χ1n) is 12.8. The predicted octanol–water partition coefficient (Wildman–Crippen LogP) is 3.96. The molecule has 0 saturated carbocycles. The monoisotopic (exact) mass is 530 g/mol. The van der Waals surface area contributed by atoms with Crippen LogP contribution in [0.5, 0.6) is 5.75 Å². The molecule has 11 nitrogen and oxygen atoms in total. The molecule has 202 valence electrons. The van der Waals surface area contributed by atoms with Crippen molar-refractivity contribution >= 4 is 34.0 Å². The summed E-state index contributed by atoms with van der Waals surface area (Å²) in [4.78, 5) is 28.8. The van der Waals surface area contributed by atoms with Gasteiger partial charge in [0.2, 0.25) is 0 Å². The second kappa shape index (κ2) is 11.1. The number of fused-ring (bicyclic) bond motifs is 1. The number of nitrogens with one attached hydrogen (secondary N) is 2. The van der Waals surface area contributed by atoms with Crippen molar-refractivity contribution in [1.29, 1.82) is 0 Å². The third-order valence-corrected chi connectivity index (χ3v) is 6.91. The summed E-state index contributed by atoms with van der Waals surface area (Å²) < 4.78 is 5.54. The van der Waals surface area contributed by atoms with Crippen molar-refractivity contribution in [1.82, 2.24) is 15.1 Å².